The van der Waals surface area contributed by atoms with Crippen LogP contribution >= 0.6 is 0 Å². The van der Waals surface area contributed by atoms with Crippen LogP contribution in [0.25, 0.3) is 10.9 Å². The van der Waals surface area contributed by atoms with Crippen molar-refractivity contribution in [1.29, 1.82) is 0 Å². The lowest BCUT2D eigenvalue weighted by atomic mass is 9.86. The van der Waals surface area contributed by atoms with E-state index in [0.29, 0.717) is 24.5 Å². The molecule has 0 spiro atoms. The summed E-state index contributed by atoms with van der Waals surface area (Å²) in [6.07, 6.45) is 7.46. The van der Waals surface area contributed by atoms with Gasteiger partial charge in [-0.05, 0) is 35.7 Å². The van der Waals surface area contributed by atoms with Gasteiger partial charge in [0.15, 0.2) is 11.5 Å². The molecule has 7 heteroatoms. The Labute approximate surface area is 211 Å². The van der Waals surface area contributed by atoms with Crippen molar-refractivity contribution in [2.45, 2.75) is 64.0 Å². The predicted molar refractivity (Wildman–Crippen MR) is 137 cm³/mol. The molecule has 36 heavy (non-hydrogen) atoms. The van der Waals surface area contributed by atoms with Gasteiger partial charge in [0.05, 0.1) is 12.6 Å². The molecule has 6 rings (SSSR count). The van der Waals surface area contributed by atoms with Gasteiger partial charge >= 0.3 is 0 Å². The van der Waals surface area contributed by atoms with Crippen molar-refractivity contribution in [3.63, 3.8) is 0 Å². The predicted octanol–water partition coefficient (Wildman–Crippen LogP) is 4.94. The summed E-state index contributed by atoms with van der Waals surface area (Å²) in [4.78, 5) is 34.6. The molecular formula is C29H33N3O4. The van der Waals surface area contributed by atoms with E-state index in [0.717, 1.165) is 40.6 Å². The molecule has 3 aromatic rings. The lowest BCUT2D eigenvalue weighted by Gasteiger charge is -2.47. The number of para-hydroxylation sites is 1. The van der Waals surface area contributed by atoms with Crippen molar-refractivity contribution in [2.75, 3.05) is 19.9 Å². The number of unbranched alkanes of at least 4 members (excludes halogenated alkanes) is 5. The van der Waals surface area contributed by atoms with Gasteiger partial charge in [-0.1, -0.05) is 63.3 Å². The van der Waals surface area contributed by atoms with E-state index in [2.05, 4.69) is 24.0 Å². The van der Waals surface area contributed by atoms with Gasteiger partial charge in [0.1, 0.15) is 6.04 Å². The monoisotopic (exact) mass is 487 g/mol. The second kappa shape index (κ2) is 9.52. The zero-order valence-corrected chi connectivity index (χ0v) is 20.8. The molecule has 2 amide bonds. The third-order valence-electron chi connectivity index (χ3n) is 7.84. The Morgan fingerprint density at radius 3 is 2.67 bits per heavy atom. The quantitative estimate of drug-likeness (QED) is 0.457. The van der Waals surface area contributed by atoms with Crippen molar-refractivity contribution in [1.82, 2.24) is 14.8 Å². The molecule has 1 fully saturated rings. The Kier molecular flexibility index (Phi) is 6.07. The zero-order chi connectivity index (χ0) is 24.6. The molecule has 1 aromatic heterocycles. The third kappa shape index (κ3) is 3.91. The summed E-state index contributed by atoms with van der Waals surface area (Å²) in [5.74, 6) is 1.43. The number of H-pyrrole nitrogens is 1. The summed E-state index contributed by atoms with van der Waals surface area (Å²) in [5.41, 5.74) is 4.05. The van der Waals surface area contributed by atoms with Crippen LogP contribution in [-0.2, 0) is 16.0 Å². The van der Waals surface area contributed by atoms with Gasteiger partial charge in [-0.15, -0.1) is 0 Å². The summed E-state index contributed by atoms with van der Waals surface area (Å²) < 4.78 is 11.2. The Morgan fingerprint density at radius 2 is 1.78 bits per heavy atom. The first-order chi connectivity index (χ1) is 17.7. The number of rotatable bonds is 8. The van der Waals surface area contributed by atoms with E-state index in [1.807, 2.05) is 35.2 Å². The maximum absolute atomic E-state index is 13.8. The number of benzene rings is 2. The first kappa shape index (κ1) is 23.0. The first-order valence-electron chi connectivity index (χ1n) is 13.2. The van der Waals surface area contributed by atoms with Gasteiger partial charge in [0.2, 0.25) is 18.6 Å². The van der Waals surface area contributed by atoms with Crippen LogP contribution in [-0.4, -0.2) is 52.5 Å². The first-order valence-corrected chi connectivity index (χ1v) is 13.2. The van der Waals surface area contributed by atoms with Crippen LogP contribution in [0.2, 0.25) is 0 Å². The summed E-state index contributed by atoms with van der Waals surface area (Å²) >= 11 is 0. The van der Waals surface area contributed by atoms with E-state index >= 15 is 0 Å². The molecule has 1 saturated heterocycles. The molecule has 3 aliphatic heterocycles. The number of carbonyl (C=O) groups is 2. The van der Waals surface area contributed by atoms with E-state index in [-0.39, 0.29) is 31.2 Å². The van der Waals surface area contributed by atoms with Crippen LogP contribution in [0.15, 0.2) is 42.5 Å². The van der Waals surface area contributed by atoms with Crippen LogP contribution < -0.4 is 9.47 Å². The number of carbonyl (C=O) groups excluding carboxylic acids is 2. The number of nitrogens with one attached hydrogen (secondary N) is 1. The second-order valence-corrected chi connectivity index (χ2v) is 10.1. The molecule has 0 saturated carbocycles. The van der Waals surface area contributed by atoms with Crippen molar-refractivity contribution in [2.24, 2.45) is 0 Å². The number of hydrogen-bond donors (Lipinski definition) is 1. The van der Waals surface area contributed by atoms with Gasteiger partial charge < -0.3 is 24.3 Å². The number of fused-ring (bicyclic) bond motifs is 5. The summed E-state index contributed by atoms with van der Waals surface area (Å²) in [6.45, 7) is 3.19. The van der Waals surface area contributed by atoms with E-state index < -0.39 is 6.04 Å². The van der Waals surface area contributed by atoms with Gasteiger partial charge in [0.25, 0.3) is 0 Å². The molecule has 4 heterocycles. The van der Waals surface area contributed by atoms with Crippen molar-refractivity contribution < 1.29 is 19.1 Å². The highest BCUT2D eigenvalue weighted by molar-refractivity contribution is 5.97. The largest absolute Gasteiger partial charge is 0.454 e. The van der Waals surface area contributed by atoms with Crippen molar-refractivity contribution in [3.8, 4) is 11.5 Å². The van der Waals surface area contributed by atoms with E-state index in [4.69, 9.17) is 9.47 Å². The lowest BCUT2D eigenvalue weighted by molar-refractivity contribution is -0.158. The maximum atomic E-state index is 13.8. The summed E-state index contributed by atoms with van der Waals surface area (Å²) in [6, 6.07) is 13.1. The Balaban J connectivity index is 1.33. The fourth-order valence-electron chi connectivity index (χ4n) is 6.03. The highest BCUT2D eigenvalue weighted by Gasteiger charge is 2.48. The Hall–Kier alpha value is -3.48. The Morgan fingerprint density at radius 1 is 0.972 bits per heavy atom. The number of amides is 2. The molecule has 0 bridgehead atoms. The molecule has 0 aliphatic carbocycles. The van der Waals surface area contributed by atoms with Crippen molar-refractivity contribution in [3.05, 3.63) is 59.3 Å². The highest BCUT2D eigenvalue weighted by atomic mass is 16.7. The average Bonchev–Trinajstić information content (AvgIpc) is 3.51. The van der Waals surface area contributed by atoms with Crippen LogP contribution in [0.4, 0.5) is 0 Å². The van der Waals surface area contributed by atoms with Crippen LogP contribution in [0, 0.1) is 0 Å². The van der Waals surface area contributed by atoms with Gasteiger partial charge in [-0.2, -0.15) is 0 Å². The lowest BCUT2D eigenvalue weighted by Crippen LogP contribution is -2.63. The second-order valence-electron chi connectivity index (χ2n) is 10.1. The van der Waals surface area contributed by atoms with Gasteiger partial charge in [0, 0.05) is 29.6 Å². The number of aromatic nitrogens is 1. The van der Waals surface area contributed by atoms with Crippen LogP contribution in [0.1, 0.15) is 68.3 Å². The van der Waals surface area contributed by atoms with E-state index in [9.17, 15) is 9.59 Å². The minimum atomic E-state index is -0.506. The third-order valence-corrected chi connectivity index (χ3v) is 7.84. The number of hydrogen-bond acceptors (Lipinski definition) is 4. The van der Waals surface area contributed by atoms with Crippen molar-refractivity contribution >= 4 is 22.7 Å². The SMILES string of the molecule is CCCCCCCCN1CC(=O)N2[C@@H](c3ccc4c(c3)OCO4)c3[nH]c4ccccc4c3C[C@@H]2C1=O. The van der Waals surface area contributed by atoms with Gasteiger partial charge in [-0.25, -0.2) is 0 Å². The van der Waals surface area contributed by atoms with E-state index in [1.165, 1.54) is 25.7 Å². The topological polar surface area (TPSA) is 74.9 Å². The molecule has 0 unspecified atom stereocenters. The average molecular weight is 488 g/mol. The molecule has 2 atom stereocenters. The molecule has 188 valence electrons. The smallest absolute Gasteiger partial charge is 0.246 e. The Bertz CT molecular complexity index is 1300. The van der Waals surface area contributed by atoms with Gasteiger partial charge in [-0.3, -0.25) is 9.59 Å². The van der Waals surface area contributed by atoms with E-state index in [1.54, 1.807) is 4.90 Å². The minimum Gasteiger partial charge on any atom is -0.454 e. The maximum Gasteiger partial charge on any atom is 0.246 e. The molecular weight excluding hydrogens is 454 g/mol. The number of aromatic amines is 1. The minimum absolute atomic E-state index is 0.00226. The molecule has 2 aromatic carbocycles. The fraction of sp³-hybridized carbons (Fsp3) is 0.448. The zero-order valence-electron chi connectivity index (χ0n) is 20.8. The standard InChI is InChI=1S/C29H33N3O4/c1-2-3-4-5-6-9-14-31-17-26(33)32-23(29(31)34)16-21-20-10-7-8-11-22(20)30-27(21)28(32)19-12-13-24-25(15-19)36-18-35-24/h7-8,10-13,15,23,28,30H,2-6,9,14,16-18H2,1H3/t23-,28+/m1/s1. The molecule has 1 N–H and O–H groups in total. The summed E-state index contributed by atoms with van der Waals surface area (Å²) in [5, 5.41) is 1.12. The molecule has 0 radical (unpaired) electrons. The fourth-order valence-corrected chi connectivity index (χ4v) is 6.03. The highest BCUT2D eigenvalue weighted by Crippen LogP contribution is 2.44. The number of ether oxygens (including phenoxy) is 2. The normalized spacial score (nSPS) is 20.7. The van der Waals surface area contributed by atoms with Crippen LogP contribution in [0.3, 0.4) is 0 Å². The van der Waals surface area contributed by atoms with Crippen LogP contribution in [0.5, 0.6) is 11.5 Å². The summed E-state index contributed by atoms with van der Waals surface area (Å²) in [7, 11) is 0. The molecule has 7 nitrogen and oxygen atoms in total. The molecule has 3 aliphatic rings. The number of piperazine rings is 1. The number of nitrogens with zero attached hydrogens (tertiary/aromatic N) is 2.